The number of esters is 2. The molecule has 0 spiro atoms. The number of carbonyl (C=O) groups is 2. The van der Waals surface area contributed by atoms with E-state index in [1.54, 1.807) is 0 Å². The van der Waals surface area contributed by atoms with E-state index in [1.807, 2.05) is 21.1 Å². The van der Waals surface area contributed by atoms with Crippen molar-refractivity contribution in [3.8, 4) is 0 Å². The fourth-order valence-corrected chi connectivity index (χ4v) is 4.30. The fourth-order valence-electron chi connectivity index (χ4n) is 3.56. The summed E-state index contributed by atoms with van der Waals surface area (Å²) in [7, 11) is 1.46. The molecule has 0 aliphatic heterocycles. The maximum absolute atomic E-state index is 12.2. The number of rotatable bonds is 25. The van der Waals surface area contributed by atoms with Crippen LogP contribution in [-0.4, -0.2) is 74.9 Å². The monoisotopic (exact) mass is 564 g/mol. The predicted octanol–water partition coefficient (Wildman–Crippen LogP) is 6.34. The summed E-state index contributed by atoms with van der Waals surface area (Å²) < 4.78 is 32.9. The van der Waals surface area contributed by atoms with E-state index in [-0.39, 0.29) is 19.6 Å². The molecule has 0 heterocycles. The van der Waals surface area contributed by atoms with Crippen molar-refractivity contribution in [1.29, 1.82) is 0 Å². The van der Waals surface area contributed by atoms with Gasteiger partial charge in [0.2, 0.25) is 0 Å². The number of nitrogens with zero attached hydrogens (tertiary/aromatic N) is 1. The third-order valence-electron chi connectivity index (χ3n) is 5.85. The molecular formula is C28H55NO8P+. The molecule has 0 aliphatic carbocycles. The molecular weight excluding hydrogens is 509 g/mol. The molecule has 9 nitrogen and oxygen atoms in total. The van der Waals surface area contributed by atoms with Gasteiger partial charge in [-0.05, 0) is 32.1 Å². The first-order valence-corrected chi connectivity index (χ1v) is 15.8. The molecule has 38 heavy (non-hydrogen) atoms. The van der Waals surface area contributed by atoms with Crippen molar-refractivity contribution in [1.82, 2.24) is 0 Å². The van der Waals surface area contributed by atoms with Gasteiger partial charge in [-0.1, -0.05) is 70.4 Å². The fraction of sp³-hybridized carbons (Fsp3) is 0.857. The van der Waals surface area contributed by atoms with Crippen molar-refractivity contribution in [2.24, 2.45) is 0 Å². The standard InChI is InChI=1S/C28H54NO8P/c1-6-7-8-9-10-11-12-13-14-15-16-17-18-19-20-21-28(31)37-27(24-34-26(2)30)25-36-38(32,33)35-23-22-29(3,4)5/h13-14,27H,6-12,15-25H2,1-5H3/p+1/b14-13+/t27-/m0/s1. The third-order valence-corrected chi connectivity index (χ3v) is 6.84. The van der Waals surface area contributed by atoms with Crippen LogP contribution in [0.4, 0.5) is 0 Å². The van der Waals surface area contributed by atoms with Gasteiger partial charge in [-0.15, -0.1) is 0 Å². The summed E-state index contributed by atoms with van der Waals surface area (Å²) in [6, 6.07) is 0. The van der Waals surface area contributed by atoms with Crippen molar-refractivity contribution < 1.29 is 42.1 Å². The van der Waals surface area contributed by atoms with Gasteiger partial charge in [0.25, 0.3) is 0 Å². The van der Waals surface area contributed by atoms with Crippen molar-refractivity contribution in [2.75, 3.05) is 47.5 Å². The van der Waals surface area contributed by atoms with E-state index in [2.05, 4.69) is 19.1 Å². The van der Waals surface area contributed by atoms with Gasteiger partial charge >= 0.3 is 19.8 Å². The van der Waals surface area contributed by atoms with Crippen LogP contribution >= 0.6 is 7.82 Å². The molecule has 0 aromatic rings. The molecule has 0 saturated heterocycles. The molecule has 224 valence electrons. The Balaban J connectivity index is 4.06. The topological polar surface area (TPSA) is 108 Å². The molecule has 0 bridgehead atoms. The molecule has 1 unspecified atom stereocenters. The lowest BCUT2D eigenvalue weighted by Gasteiger charge is -2.24. The highest BCUT2D eigenvalue weighted by molar-refractivity contribution is 7.47. The molecule has 1 N–H and O–H groups in total. The number of carbonyl (C=O) groups excluding carboxylic acids is 2. The van der Waals surface area contributed by atoms with Crippen LogP contribution in [0, 0.1) is 0 Å². The summed E-state index contributed by atoms with van der Waals surface area (Å²) in [5, 5.41) is 0. The van der Waals surface area contributed by atoms with E-state index in [4.69, 9.17) is 18.5 Å². The van der Waals surface area contributed by atoms with E-state index in [9.17, 15) is 19.0 Å². The minimum Gasteiger partial charge on any atom is -0.462 e. The molecule has 0 saturated carbocycles. The molecule has 0 aromatic heterocycles. The lowest BCUT2D eigenvalue weighted by atomic mass is 10.1. The lowest BCUT2D eigenvalue weighted by Crippen LogP contribution is -2.37. The smallest absolute Gasteiger partial charge is 0.462 e. The van der Waals surface area contributed by atoms with Gasteiger partial charge in [0.1, 0.15) is 19.8 Å². The second-order valence-corrected chi connectivity index (χ2v) is 12.3. The van der Waals surface area contributed by atoms with Gasteiger partial charge in [0.15, 0.2) is 6.10 Å². The van der Waals surface area contributed by atoms with Gasteiger partial charge < -0.3 is 18.9 Å². The Morgan fingerprint density at radius 3 is 1.95 bits per heavy atom. The average molecular weight is 565 g/mol. The molecule has 0 fully saturated rings. The number of unbranched alkanes of at least 4 members (excludes halogenated alkanes) is 11. The number of phosphoric acid groups is 1. The highest BCUT2D eigenvalue weighted by Gasteiger charge is 2.26. The van der Waals surface area contributed by atoms with Crippen molar-refractivity contribution in [2.45, 2.75) is 110 Å². The number of likely N-dealkylation sites (N-methyl/N-ethyl adjacent to an activating group) is 1. The Labute approximate surface area is 231 Å². The number of phosphoric ester groups is 1. The first kappa shape index (κ1) is 36.8. The number of quaternary nitrogens is 1. The molecule has 2 atom stereocenters. The van der Waals surface area contributed by atoms with Crippen LogP contribution < -0.4 is 0 Å². The normalized spacial score (nSPS) is 14.4. The first-order valence-electron chi connectivity index (χ1n) is 14.4. The molecule has 0 aliphatic rings. The van der Waals surface area contributed by atoms with Gasteiger partial charge in [-0.2, -0.15) is 0 Å². The van der Waals surface area contributed by atoms with Crippen molar-refractivity contribution in [3.05, 3.63) is 12.2 Å². The van der Waals surface area contributed by atoms with Crippen LogP contribution in [0.5, 0.6) is 0 Å². The van der Waals surface area contributed by atoms with Crippen molar-refractivity contribution >= 4 is 19.8 Å². The molecule has 10 heteroatoms. The van der Waals surface area contributed by atoms with Crippen LogP contribution in [0.2, 0.25) is 0 Å². The molecule has 0 aromatic carbocycles. The van der Waals surface area contributed by atoms with Crippen LogP contribution in [0.15, 0.2) is 12.2 Å². The van der Waals surface area contributed by atoms with E-state index < -0.39 is 32.5 Å². The summed E-state index contributed by atoms with van der Waals surface area (Å²) in [4.78, 5) is 33.3. The highest BCUT2D eigenvalue weighted by atomic mass is 31.2. The van der Waals surface area contributed by atoms with E-state index in [0.717, 1.165) is 32.1 Å². The summed E-state index contributed by atoms with van der Waals surface area (Å²) in [5.41, 5.74) is 0. The van der Waals surface area contributed by atoms with E-state index in [0.29, 0.717) is 17.4 Å². The molecule has 0 rings (SSSR count). The van der Waals surface area contributed by atoms with Crippen LogP contribution in [0.3, 0.4) is 0 Å². The Kier molecular flexibility index (Phi) is 21.8. The maximum atomic E-state index is 12.2. The summed E-state index contributed by atoms with van der Waals surface area (Å²) >= 11 is 0. The Morgan fingerprint density at radius 2 is 1.39 bits per heavy atom. The van der Waals surface area contributed by atoms with Gasteiger partial charge in [-0.25, -0.2) is 4.57 Å². The highest BCUT2D eigenvalue weighted by Crippen LogP contribution is 2.43. The first-order chi connectivity index (χ1) is 17.9. The Hall–Kier alpha value is -1.25. The van der Waals surface area contributed by atoms with E-state index >= 15 is 0 Å². The number of ether oxygens (including phenoxy) is 2. The van der Waals surface area contributed by atoms with E-state index in [1.165, 1.54) is 51.9 Å². The van der Waals surface area contributed by atoms with Crippen molar-refractivity contribution in [3.63, 3.8) is 0 Å². The second kappa shape index (κ2) is 22.6. The number of hydrogen-bond donors (Lipinski definition) is 1. The SMILES string of the molecule is CCCCCCCC/C=C/CCCCCCCC(=O)O[C@@H](COC(C)=O)COP(=O)(O)OCC[N+](C)(C)C. The van der Waals surface area contributed by atoms with Crippen LogP contribution in [-0.2, 0) is 32.7 Å². The summed E-state index contributed by atoms with van der Waals surface area (Å²) in [6.07, 6.45) is 19.0. The van der Waals surface area contributed by atoms with Crippen LogP contribution in [0.25, 0.3) is 0 Å². The predicted molar refractivity (Wildman–Crippen MR) is 151 cm³/mol. The third kappa shape index (κ3) is 26.4. The lowest BCUT2D eigenvalue weighted by molar-refractivity contribution is -0.870. The quantitative estimate of drug-likeness (QED) is 0.0450. The summed E-state index contributed by atoms with van der Waals surface area (Å²) in [6.45, 7) is 3.34. The molecule has 0 amide bonds. The largest absolute Gasteiger partial charge is 0.472 e. The average Bonchev–Trinajstić information content (AvgIpc) is 2.82. The molecule has 0 radical (unpaired) electrons. The zero-order valence-electron chi connectivity index (χ0n) is 24.7. The number of hydrogen-bond acceptors (Lipinski definition) is 7. The number of allylic oxidation sites excluding steroid dienone is 2. The van der Waals surface area contributed by atoms with Crippen LogP contribution in [0.1, 0.15) is 104 Å². The van der Waals surface area contributed by atoms with Gasteiger partial charge in [0, 0.05) is 13.3 Å². The summed E-state index contributed by atoms with van der Waals surface area (Å²) in [5.74, 6) is -1.00. The van der Waals surface area contributed by atoms with Gasteiger partial charge in [0.05, 0.1) is 27.7 Å². The van der Waals surface area contributed by atoms with Gasteiger partial charge in [-0.3, -0.25) is 18.6 Å². The second-order valence-electron chi connectivity index (χ2n) is 10.9. The minimum atomic E-state index is -4.32. The zero-order chi connectivity index (χ0) is 28.7. The zero-order valence-corrected chi connectivity index (χ0v) is 25.6. The maximum Gasteiger partial charge on any atom is 0.472 e. The Morgan fingerprint density at radius 1 is 0.842 bits per heavy atom. The minimum absolute atomic E-state index is 0.0289. The Bertz CT molecular complexity index is 693.